The number of hydrogen-bond acceptors (Lipinski definition) is 18. The molecule has 21 atom stereocenters. The minimum absolute atomic E-state index is 0.00788. The number of esters is 1. The van der Waals surface area contributed by atoms with Crippen LogP contribution < -0.4 is 0 Å². The molecule has 0 aromatic heterocycles. The fourth-order valence-corrected chi connectivity index (χ4v) is 9.51. The third-order valence-corrected chi connectivity index (χ3v) is 13.4. The zero-order valence-electron chi connectivity index (χ0n) is 39.7. The van der Waals surface area contributed by atoms with Gasteiger partial charge in [0.25, 0.3) is 0 Å². The molecule has 3 fully saturated rings. The zero-order valence-corrected chi connectivity index (χ0v) is 39.7. The number of nitrogens with zero attached hydrogens (tertiary/aromatic N) is 1. The number of methoxy groups -OCH3 is 2. The first-order chi connectivity index (χ1) is 30.1. The van der Waals surface area contributed by atoms with Crippen LogP contribution in [0.1, 0.15) is 87.5 Å². The summed E-state index contributed by atoms with van der Waals surface area (Å²) in [6.45, 7) is 13.6. The van der Waals surface area contributed by atoms with E-state index < -0.39 is 140 Å². The summed E-state index contributed by atoms with van der Waals surface area (Å²) in [5, 5.41) is 55.8. The highest BCUT2D eigenvalue weighted by molar-refractivity contribution is 5.91. The molecule has 0 aromatic rings. The van der Waals surface area contributed by atoms with E-state index in [2.05, 4.69) is 0 Å². The molecule has 5 N–H and O–H groups in total. The van der Waals surface area contributed by atoms with Crippen molar-refractivity contribution in [2.45, 2.75) is 191 Å². The fourth-order valence-electron chi connectivity index (χ4n) is 9.51. The lowest BCUT2D eigenvalue weighted by atomic mass is 9.79. The van der Waals surface area contributed by atoms with Crippen molar-refractivity contribution in [2.24, 2.45) is 23.7 Å². The van der Waals surface area contributed by atoms with Crippen LogP contribution in [0, 0.1) is 23.7 Å². The molecule has 4 aliphatic rings. The van der Waals surface area contributed by atoms with Gasteiger partial charge in [0.05, 0.1) is 55.2 Å². The maximum absolute atomic E-state index is 13.8. The topological polar surface area (TPSA) is 239 Å². The molecule has 0 amide bonds. The predicted octanol–water partition coefficient (Wildman–Crippen LogP) is 1.83. The molecule has 0 saturated carbocycles. The van der Waals surface area contributed by atoms with Gasteiger partial charge in [-0.2, -0.15) is 0 Å². The lowest BCUT2D eigenvalue weighted by Gasteiger charge is -2.50. The van der Waals surface area contributed by atoms with Crippen LogP contribution in [0.5, 0.6) is 0 Å². The van der Waals surface area contributed by atoms with E-state index in [1.165, 1.54) is 27.2 Å². The van der Waals surface area contributed by atoms with E-state index in [-0.39, 0.29) is 31.7 Å². The Morgan fingerprint density at radius 3 is 2.11 bits per heavy atom. The van der Waals surface area contributed by atoms with Gasteiger partial charge in [0.2, 0.25) is 0 Å². The minimum Gasteiger partial charge on any atom is -0.462 e. The van der Waals surface area contributed by atoms with Gasteiger partial charge < -0.3 is 77.9 Å². The summed E-state index contributed by atoms with van der Waals surface area (Å²) in [6, 6.07) is -0.748. The number of cyclic esters (lactones) is 1. The van der Waals surface area contributed by atoms with E-state index in [1.807, 2.05) is 19.9 Å². The monoisotopic (exact) mass is 916 g/mol. The summed E-state index contributed by atoms with van der Waals surface area (Å²) >= 11 is 0. The summed E-state index contributed by atoms with van der Waals surface area (Å²) in [5.41, 5.74) is -0.806. The molecule has 0 radical (unpaired) electrons. The molecule has 0 bridgehead atoms. The number of hydrogen-bond donors (Lipinski definition) is 5. The van der Waals surface area contributed by atoms with E-state index in [0.717, 1.165) is 6.29 Å². The van der Waals surface area contributed by atoms with Crippen molar-refractivity contribution in [2.75, 3.05) is 34.9 Å². The van der Waals surface area contributed by atoms with Gasteiger partial charge in [-0.15, -0.1) is 0 Å². The van der Waals surface area contributed by atoms with Gasteiger partial charge in [-0.3, -0.25) is 9.59 Å². The first-order valence-corrected chi connectivity index (χ1v) is 22.7. The van der Waals surface area contributed by atoms with Crippen molar-refractivity contribution in [1.29, 1.82) is 0 Å². The van der Waals surface area contributed by atoms with Crippen LogP contribution >= 0.6 is 0 Å². The average Bonchev–Trinajstić information content (AvgIpc) is 3.23. The lowest BCUT2D eigenvalue weighted by molar-refractivity contribution is -0.341. The van der Waals surface area contributed by atoms with Crippen LogP contribution in [0.4, 0.5) is 0 Å². The van der Waals surface area contributed by atoms with E-state index in [1.54, 1.807) is 59.7 Å². The fraction of sp³-hybridized carbons (Fsp3) is 0.848. The van der Waals surface area contributed by atoms with Crippen LogP contribution in [-0.2, 0) is 57.0 Å². The molecule has 0 unspecified atom stereocenters. The second-order valence-corrected chi connectivity index (χ2v) is 18.7. The smallest absolute Gasteiger partial charge is 0.308 e. The average molecular weight is 916 g/mol. The third-order valence-electron chi connectivity index (χ3n) is 13.4. The van der Waals surface area contributed by atoms with Crippen molar-refractivity contribution in [3.05, 3.63) is 23.8 Å². The summed E-state index contributed by atoms with van der Waals surface area (Å²) in [7, 11) is 6.43. The van der Waals surface area contributed by atoms with Crippen LogP contribution in [0.15, 0.2) is 23.8 Å². The Morgan fingerprint density at radius 2 is 1.52 bits per heavy atom. The number of aliphatic hydroxyl groups excluding tert-OH is 4. The quantitative estimate of drug-likeness (QED) is 0.131. The molecular formula is C46H77NO17. The zero-order chi connectivity index (χ0) is 47.8. The number of carbonyl (C=O) groups excluding carboxylic acids is 3. The molecule has 0 spiro atoms. The number of carbonyl (C=O) groups is 3. The van der Waals surface area contributed by atoms with E-state index >= 15 is 0 Å². The maximum atomic E-state index is 13.8. The Morgan fingerprint density at radius 1 is 0.859 bits per heavy atom. The van der Waals surface area contributed by atoms with E-state index in [4.69, 9.17) is 42.6 Å². The second kappa shape index (κ2) is 24.1. The van der Waals surface area contributed by atoms with Crippen molar-refractivity contribution >= 4 is 18.0 Å². The summed E-state index contributed by atoms with van der Waals surface area (Å²) < 4.78 is 54.7. The molecule has 0 aromatic carbocycles. The number of ether oxygens (including phenoxy) is 9. The Balaban J connectivity index is 1.62. The molecule has 4 aliphatic heterocycles. The Labute approximate surface area is 378 Å². The first-order valence-electron chi connectivity index (χ1n) is 22.7. The van der Waals surface area contributed by atoms with Gasteiger partial charge in [0.15, 0.2) is 24.7 Å². The highest BCUT2D eigenvalue weighted by atomic mass is 16.7. The van der Waals surface area contributed by atoms with Gasteiger partial charge >= 0.3 is 5.97 Å². The molecule has 18 heteroatoms. The third kappa shape index (κ3) is 13.5. The van der Waals surface area contributed by atoms with Crippen molar-refractivity contribution < 1.29 is 82.5 Å². The Bertz CT molecular complexity index is 1560. The molecule has 18 nitrogen and oxygen atoms in total. The summed E-state index contributed by atoms with van der Waals surface area (Å²) in [5.74, 6) is -3.59. The number of ketones is 1. The highest BCUT2D eigenvalue weighted by Crippen LogP contribution is 2.37. The summed E-state index contributed by atoms with van der Waals surface area (Å²) in [4.78, 5) is 41.5. The normalized spacial score (nSPS) is 45.9. The molecule has 4 rings (SSSR count). The number of allylic oxidation sites excluding steroid dienone is 3. The van der Waals surface area contributed by atoms with Crippen LogP contribution in [0.25, 0.3) is 0 Å². The largest absolute Gasteiger partial charge is 0.462 e. The highest BCUT2D eigenvalue weighted by Gasteiger charge is 2.52. The molecule has 368 valence electrons. The molecule has 3 saturated heterocycles. The maximum Gasteiger partial charge on any atom is 0.308 e. The van der Waals surface area contributed by atoms with Crippen molar-refractivity contribution in [3.63, 3.8) is 0 Å². The lowest BCUT2D eigenvalue weighted by Crippen LogP contribution is -2.65. The SMILES string of the molecule is CC[C@H]1OC(=O)C[C@@H](O)[C@H](C)[C@@H](O[C@@H]2O[C@H](C)[C@@H](O[C@H]3C[C@@](C)(O)[C@@H](O)[C@H](C)O3)[C@H](N(C)C)[C@H]2O)[C@@H](CC=O)C[C@@H](C)C(=O)/C=C/C(C)=C\[C@@H]1CO[C@@H]1O[C@H](C)[C@@H](O)[C@@H](OC)[C@H]1OC. The van der Waals surface area contributed by atoms with Gasteiger partial charge in [-0.25, -0.2) is 0 Å². The van der Waals surface area contributed by atoms with Gasteiger partial charge in [0, 0.05) is 44.8 Å². The molecular weight excluding hydrogens is 838 g/mol. The van der Waals surface area contributed by atoms with Gasteiger partial charge in [-0.05, 0) is 73.5 Å². The van der Waals surface area contributed by atoms with E-state index in [0.29, 0.717) is 12.0 Å². The van der Waals surface area contributed by atoms with Crippen molar-refractivity contribution in [1.82, 2.24) is 4.90 Å². The Kier molecular flexibility index (Phi) is 20.5. The number of aldehydes is 1. The first kappa shape index (κ1) is 54.3. The van der Waals surface area contributed by atoms with Crippen LogP contribution in [-0.4, -0.2) is 187 Å². The van der Waals surface area contributed by atoms with Crippen LogP contribution in [0.2, 0.25) is 0 Å². The van der Waals surface area contributed by atoms with Crippen LogP contribution in [0.3, 0.4) is 0 Å². The minimum atomic E-state index is -1.49. The standard InChI is InChI=1S/C46H77NO17/c1-13-33-30(22-58-45-42(57-12)41(56-11)37(52)26(5)60-45)18-23(2)14-15-31(49)24(3)19-29(16-17-48)39(25(4)32(50)20-34(51)62-33)64-44-38(53)36(47(9)10)40(27(6)61-44)63-35-21-46(8,55)43(54)28(7)59-35/h14-15,17-18,24-30,32-33,35-45,50,52-55H,13,16,19-22H2,1-12H3/b15-14+,23-18-/t24-,25+,26-,27-,28+,29+,30-,32-,33-,35+,36-,37-,38-,39-,40-,41-,42-,43+,44+,45-,46-/m1/s1. The van der Waals surface area contributed by atoms with Gasteiger partial charge in [-0.1, -0.05) is 38.5 Å². The number of aliphatic hydroxyl groups is 5. The predicted molar refractivity (Wildman–Crippen MR) is 230 cm³/mol. The second-order valence-electron chi connectivity index (χ2n) is 18.7. The molecule has 64 heavy (non-hydrogen) atoms. The van der Waals surface area contributed by atoms with Crippen molar-refractivity contribution in [3.8, 4) is 0 Å². The molecule has 0 aliphatic carbocycles. The number of likely N-dealkylation sites (N-methyl/N-ethyl adjacent to an activating group) is 1. The van der Waals surface area contributed by atoms with Gasteiger partial charge in [0.1, 0.15) is 49.0 Å². The Hall–Kier alpha value is -2.27. The molecule has 4 heterocycles. The number of rotatable bonds is 13. The summed E-state index contributed by atoms with van der Waals surface area (Å²) in [6.07, 6.45) is -8.49. The van der Waals surface area contributed by atoms with E-state index in [9.17, 15) is 39.9 Å².